The molecular formula is C17H18F4O3. The molecule has 0 aliphatic heterocycles. The summed E-state index contributed by atoms with van der Waals surface area (Å²) in [6.45, 7) is 5.74. The number of allylic oxidation sites excluding steroid dienone is 1. The molecule has 3 nitrogen and oxygen atoms in total. The SMILES string of the molecule is C=C[C@@H]1[C@@H](C(=O)OCc2c(F)c(F)c(COC)c(F)c2F)C1(C)C. The van der Waals surface area contributed by atoms with Gasteiger partial charge in [0.15, 0.2) is 23.3 Å². The highest BCUT2D eigenvalue weighted by Crippen LogP contribution is 2.59. The van der Waals surface area contributed by atoms with Crippen LogP contribution in [0.15, 0.2) is 12.7 Å². The van der Waals surface area contributed by atoms with Gasteiger partial charge < -0.3 is 9.47 Å². The van der Waals surface area contributed by atoms with E-state index in [1.54, 1.807) is 6.08 Å². The number of rotatable bonds is 6. The fourth-order valence-electron chi connectivity index (χ4n) is 2.92. The van der Waals surface area contributed by atoms with Crippen molar-refractivity contribution in [2.24, 2.45) is 17.3 Å². The molecule has 0 unspecified atom stereocenters. The molecule has 1 aromatic carbocycles. The van der Waals surface area contributed by atoms with E-state index in [2.05, 4.69) is 11.3 Å². The highest BCUT2D eigenvalue weighted by atomic mass is 19.2. The van der Waals surface area contributed by atoms with Gasteiger partial charge in [0.1, 0.15) is 6.61 Å². The standard InChI is InChI=1S/C17H18F4O3/c1-5-10-11(17(10,2)3)16(22)24-7-9-14(20)12(18)8(6-23-4)13(19)15(9)21/h5,10-11H,1,6-7H2,2-4H3/t10-,11+/m1/s1. The lowest BCUT2D eigenvalue weighted by Gasteiger charge is -2.12. The van der Waals surface area contributed by atoms with Gasteiger partial charge in [0, 0.05) is 7.11 Å². The zero-order valence-electron chi connectivity index (χ0n) is 13.6. The minimum absolute atomic E-state index is 0.114. The summed E-state index contributed by atoms with van der Waals surface area (Å²) in [7, 11) is 1.14. The van der Waals surface area contributed by atoms with E-state index in [4.69, 9.17) is 4.74 Å². The number of halogens is 4. The van der Waals surface area contributed by atoms with E-state index in [0.29, 0.717) is 0 Å². The van der Waals surface area contributed by atoms with Crippen LogP contribution in [0.4, 0.5) is 17.6 Å². The average Bonchev–Trinajstić information content (AvgIpc) is 3.10. The molecule has 0 aromatic heterocycles. The van der Waals surface area contributed by atoms with E-state index in [0.717, 1.165) is 7.11 Å². The number of methoxy groups -OCH3 is 1. The van der Waals surface area contributed by atoms with Crippen molar-refractivity contribution >= 4 is 5.97 Å². The lowest BCUT2D eigenvalue weighted by Crippen LogP contribution is -2.15. The van der Waals surface area contributed by atoms with Crippen LogP contribution in [0.1, 0.15) is 25.0 Å². The number of esters is 1. The highest BCUT2D eigenvalue weighted by Gasteiger charge is 2.61. The lowest BCUT2D eigenvalue weighted by atomic mass is 10.1. The molecular weight excluding hydrogens is 328 g/mol. The van der Waals surface area contributed by atoms with E-state index in [-0.39, 0.29) is 11.3 Å². The van der Waals surface area contributed by atoms with Crippen LogP contribution in [0.25, 0.3) is 0 Å². The molecule has 0 N–H and O–H groups in total. The quantitative estimate of drug-likeness (QED) is 0.339. The number of ether oxygens (including phenoxy) is 2. The van der Waals surface area contributed by atoms with Gasteiger partial charge in [-0.05, 0) is 11.3 Å². The number of benzene rings is 1. The normalized spacial score (nSPS) is 21.5. The van der Waals surface area contributed by atoms with Crippen molar-refractivity contribution in [2.75, 3.05) is 7.11 Å². The molecule has 2 atom stereocenters. The topological polar surface area (TPSA) is 35.5 Å². The van der Waals surface area contributed by atoms with Crippen LogP contribution < -0.4 is 0 Å². The Bertz CT molecular complexity index is 656. The van der Waals surface area contributed by atoms with Gasteiger partial charge in [0.25, 0.3) is 0 Å². The molecule has 0 spiro atoms. The number of carbonyl (C=O) groups is 1. The van der Waals surface area contributed by atoms with Gasteiger partial charge in [0.05, 0.1) is 23.7 Å². The van der Waals surface area contributed by atoms with E-state index in [1.807, 2.05) is 13.8 Å². The van der Waals surface area contributed by atoms with Gasteiger partial charge in [-0.3, -0.25) is 4.79 Å². The zero-order valence-corrected chi connectivity index (χ0v) is 13.6. The third kappa shape index (κ3) is 2.92. The Labute approximate surface area is 137 Å². The molecule has 1 aliphatic carbocycles. The van der Waals surface area contributed by atoms with Gasteiger partial charge in [-0.2, -0.15) is 0 Å². The van der Waals surface area contributed by atoms with Gasteiger partial charge in [-0.1, -0.05) is 19.9 Å². The summed E-state index contributed by atoms with van der Waals surface area (Å²) in [5.41, 5.74) is -2.18. The second-order valence-electron chi connectivity index (χ2n) is 6.31. The molecule has 0 radical (unpaired) electrons. The predicted molar refractivity (Wildman–Crippen MR) is 77.7 cm³/mol. The van der Waals surface area contributed by atoms with E-state index >= 15 is 0 Å². The molecule has 7 heteroatoms. The summed E-state index contributed by atoms with van der Waals surface area (Å²) in [5.74, 6) is -7.60. The molecule has 132 valence electrons. The minimum atomic E-state index is -1.59. The van der Waals surface area contributed by atoms with Gasteiger partial charge in [0.2, 0.25) is 0 Å². The van der Waals surface area contributed by atoms with Crippen LogP contribution in [0.3, 0.4) is 0 Å². The Balaban J connectivity index is 2.19. The summed E-state index contributed by atoms with van der Waals surface area (Å²) in [6, 6.07) is 0. The summed E-state index contributed by atoms with van der Waals surface area (Å²) in [6.07, 6.45) is 1.60. The number of hydrogen-bond donors (Lipinski definition) is 0. The van der Waals surface area contributed by atoms with E-state index in [1.165, 1.54) is 0 Å². The van der Waals surface area contributed by atoms with Crippen LogP contribution in [-0.4, -0.2) is 13.1 Å². The van der Waals surface area contributed by atoms with E-state index < -0.39 is 59.5 Å². The van der Waals surface area contributed by atoms with Crippen molar-refractivity contribution in [3.63, 3.8) is 0 Å². The van der Waals surface area contributed by atoms with E-state index in [9.17, 15) is 22.4 Å². The first-order valence-electron chi connectivity index (χ1n) is 7.30. The summed E-state index contributed by atoms with van der Waals surface area (Å²) in [4.78, 5) is 12.0. The summed E-state index contributed by atoms with van der Waals surface area (Å²) in [5, 5.41) is 0. The molecule has 1 fully saturated rings. The molecule has 1 saturated carbocycles. The van der Waals surface area contributed by atoms with Crippen molar-refractivity contribution in [1.82, 2.24) is 0 Å². The number of carbonyl (C=O) groups excluding carboxylic acids is 1. The maximum atomic E-state index is 13.9. The Morgan fingerprint density at radius 1 is 1.08 bits per heavy atom. The maximum Gasteiger partial charge on any atom is 0.310 e. The molecule has 0 bridgehead atoms. The molecule has 1 aliphatic rings. The van der Waals surface area contributed by atoms with Gasteiger partial charge in [-0.15, -0.1) is 6.58 Å². The third-order valence-corrected chi connectivity index (χ3v) is 4.51. The second-order valence-corrected chi connectivity index (χ2v) is 6.31. The van der Waals surface area contributed by atoms with Crippen molar-refractivity contribution < 1.29 is 31.8 Å². The smallest absolute Gasteiger partial charge is 0.310 e. The van der Waals surface area contributed by atoms with Crippen LogP contribution in [0.5, 0.6) is 0 Å². The summed E-state index contributed by atoms with van der Waals surface area (Å²) < 4.78 is 64.9. The molecule has 24 heavy (non-hydrogen) atoms. The monoisotopic (exact) mass is 346 g/mol. The third-order valence-electron chi connectivity index (χ3n) is 4.51. The first-order chi connectivity index (χ1) is 11.2. The minimum Gasteiger partial charge on any atom is -0.460 e. The van der Waals surface area contributed by atoms with Crippen molar-refractivity contribution in [3.8, 4) is 0 Å². The lowest BCUT2D eigenvalue weighted by molar-refractivity contribution is -0.147. The largest absolute Gasteiger partial charge is 0.460 e. The number of hydrogen-bond acceptors (Lipinski definition) is 3. The molecule has 0 heterocycles. The van der Waals surface area contributed by atoms with Crippen LogP contribution in [0, 0.1) is 40.5 Å². The highest BCUT2D eigenvalue weighted by molar-refractivity contribution is 5.78. The van der Waals surface area contributed by atoms with Crippen LogP contribution in [0.2, 0.25) is 0 Å². The van der Waals surface area contributed by atoms with Crippen LogP contribution in [-0.2, 0) is 27.5 Å². The Morgan fingerprint density at radius 2 is 1.54 bits per heavy atom. The zero-order chi connectivity index (χ0) is 18.2. The Morgan fingerprint density at radius 3 is 1.92 bits per heavy atom. The van der Waals surface area contributed by atoms with Gasteiger partial charge >= 0.3 is 5.97 Å². The summed E-state index contributed by atoms with van der Waals surface area (Å²) >= 11 is 0. The Kier molecular flexibility index (Phi) is 5.03. The predicted octanol–water partition coefficient (Wildman–Crippen LogP) is 3.89. The Hall–Kier alpha value is -1.89. The molecule has 0 amide bonds. The first-order valence-corrected chi connectivity index (χ1v) is 7.30. The first kappa shape index (κ1) is 18.4. The molecule has 1 aromatic rings. The molecule has 0 saturated heterocycles. The van der Waals surface area contributed by atoms with Crippen molar-refractivity contribution in [2.45, 2.75) is 27.1 Å². The second kappa shape index (κ2) is 6.55. The van der Waals surface area contributed by atoms with Crippen molar-refractivity contribution in [1.29, 1.82) is 0 Å². The van der Waals surface area contributed by atoms with Crippen LogP contribution >= 0.6 is 0 Å². The maximum absolute atomic E-state index is 13.9. The average molecular weight is 346 g/mol. The molecule has 2 rings (SSSR count). The fourth-order valence-corrected chi connectivity index (χ4v) is 2.92. The van der Waals surface area contributed by atoms with Crippen molar-refractivity contribution in [3.05, 3.63) is 47.1 Å². The fraction of sp³-hybridized carbons (Fsp3) is 0.471. The van der Waals surface area contributed by atoms with Gasteiger partial charge in [-0.25, -0.2) is 17.6 Å².